The third kappa shape index (κ3) is 3.84. The number of ether oxygens (including phenoxy) is 1. The van der Waals surface area contributed by atoms with Crippen LogP contribution in [-0.2, 0) is 22.5 Å². The lowest BCUT2D eigenvalue weighted by Gasteiger charge is -2.10. The Labute approximate surface area is 150 Å². The van der Waals surface area contributed by atoms with Gasteiger partial charge in [0.05, 0.1) is 6.61 Å². The second kappa shape index (κ2) is 7.90. The van der Waals surface area contributed by atoms with Gasteiger partial charge in [0.15, 0.2) is 0 Å². The molecule has 5 nitrogen and oxygen atoms in total. The average Bonchev–Trinajstić information content (AvgIpc) is 2.85. The molecule has 0 radical (unpaired) electrons. The van der Waals surface area contributed by atoms with Crippen LogP contribution in [0.1, 0.15) is 38.1 Å². The molecule has 2 rings (SSSR count). The number of carbonyl (C=O) groups excluding carboxylic acids is 1. The summed E-state index contributed by atoms with van der Waals surface area (Å²) in [6.45, 7) is 6.05. The van der Waals surface area contributed by atoms with Gasteiger partial charge in [-0.3, -0.25) is 9.13 Å². The summed E-state index contributed by atoms with van der Waals surface area (Å²) in [6, 6.07) is 4.59. The zero-order chi connectivity index (χ0) is 17.9. The molecular weight excluding hydrogens is 351 g/mol. The number of nitrogens with zero attached hydrogens (tertiary/aromatic N) is 2. The molecule has 1 aromatic carbocycles. The fourth-order valence-corrected chi connectivity index (χ4v) is 3.02. The van der Waals surface area contributed by atoms with E-state index in [1.807, 2.05) is 13.0 Å². The number of hydrogen-bond donors (Lipinski definition) is 0. The molecule has 0 aliphatic rings. The van der Waals surface area contributed by atoms with E-state index in [1.165, 1.54) is 4.57 Å². The van der Waals surface area contributed by atoms with Crippen LogP contribution in [0.3, 0.4) is 0 Å². The van der Waals surface area contributed by atoms with E-state index >= 15 is 0 Å². The molecule has 1 aromatic heterocycles. The Hall–Kier alpha value is -1.72. The molecule has 24 heavy (non-hydrogen) atoms. The van der Waals surface area contributed by atoms with Gasteiger partial charge in [-0.25, -0.2) is 9.59 Å². The van der Waals surface area contributed by atoms with Crippen molar-refractivity contribution in [3.63, 3.8) is 0 Å². The molecule has 0 amide bonds. The van der Waals surface area contributed by atoms with Crippen molar-refractivity contribution in [1.82, 2.24) is 9.13 Å². The minimum Gasteiger partial charge on any atom is -0.464 e. The molecule has 130 valence electrons. The number of aromatic nitrogens is 2. The fraction of sp³-hybridized carbons (Fsp3) is 0.412. The molecule has 0 saturated carbocycles. The predicted molar refractivity (Wildman–Crippen MR) is 95.0 cm³/mol. The molecule has 1 heterocycles. The maximum absolute atomic E-state index is 12.6. The monoisotopic (exact) mass is 370 g/mol. The van der Waals surface area contributed by atoms with E-state index in [4.69, 9.17) is 27.9 Å². The summed E-state index contributed by atoms with van der Waals surface area (Å²) in [6.07, 6.45) is 2.17. The minimum atomic E-state index is -0.676. The van der Waals surface area contributed by atoms with Gasteiger partial charge in [-0.15, -0.1) is 0 Å². The largest absolute Gasteiger partial charge is 0.464 e. The Kier molecular flexibility index (Phi) is 6.13. The minimum absolute atomic E-state index is 0.238. The van der Waals surface area contributed by atoms with Crippen molar-refractivity contribution in [3.8, 4) is 0 Å². The highest BCUT2D eigenvalue weighted by Gasteiger charge is 2.21. The SMILES string of the molecule is CCOC(=O)C(C)n1cc(Cc2ccc(Cl)cc2Cl)n(CC)c1=O. The van der Waals surface area contributed by atoms with Crippen molar-refractivity contribution < 1.29 is 9.53 Å². The summed E-state index contributed by atoms with van der Waals surface area (Å²) in [5.74, 6) is -0.427. The first-order valence-electron chi connectivity index (χ1n) is 7.80. The lowest BCUT2D eigenvalue weighted by atomic mass is 10.1. The van der Waals surface area contributed by atoms with Crippen LogP contribution in [0.2, 0.25) is 10.0 Å². The van der Waals surface area contributed by atoms with Crippen molar-refractivity contribution in [1.29, 1.82) is 0 Å². The van der Waals surface area contributed by atoms with Crippen molar-refractivity contribution in [2.75, 3.05) is 6.61 Å². The Morgan fingerprint density at radius 2 is 2.00 bits per heavy atom. The molecule has 0 saturated heterocycles. The molecule has 7 heteroatoms. The second-order valence-electron chi connectivity index (χ2n) is 5.40. The van der Waals surface area contributed by atoms with Crippen molar-refractivity contribution in [2.24, 2.45) is 0 Å². The summed E-state index contributed by atoms with van der Waals surface area (Å²) in [5.41, 5.74) is 1.41. The Morgan fingerprint density at radius 1 is 1.29 bits per heavy atom. The fourth-order valence-electron chi connectivity index (χ4n) is 2.54. The van der Waals surface area contributed by atoms with E-state index in [9.17, 15) is 9.59 Å². The molecule has 0 aliphatic heterocycles. The van der Waals surface area contributed by atoms with Crippen LogP contribution in [0.4, 0.5) is 0 Å². The van der Waals surface area contributed by atoms with Crippen LogP contribution >= 0.6 is 23.2 Å². The molecule has 0 N–H and O–H groups in total. The summed E-state index contributed by atoms with van der Waals surface area (Å²) >= 11 is 12.1. The third-order valence-electron chi connectivity index (χ3n) is 3.83. The quantitative estimate of drug-likeness (QED) is 0.728. The smallest absolute Gasteiger partial charge is 0.329 e. The molecular formula is C17H20Cl2N2O3. The van der Waals surface area contributed by atoms with Gasteiger partial charge in [0.25, 0.3) is 0 Å². The number of imidazole rings is 1. The lowest BCUT2D eigenvalue weighted by molar-refractivity contribution is -0.146. The van der Waals surface area contributed by atoms with Crippen LogP contribution in [0.25, 0.3) is 0 Å². The van der Waals surface area contributed by atoms with E-state index in [1.54, 1.807) is 36.7 Å². The molecule has 1 unspecified atom stereocenters. The molecule has 0 fully saturated rings. The number of hydrogen-bond acceptors (Lipinski definition) is 3. The Bertz CT molecular complexity index is 796. The van der Waals surface area contributed by atoms with Gasteiger partial charge in [0, 0.05) is 34.9 Å². The number of halogens is 2. The zero-order valence-electron chi connectivity index (χ0n) is 13.9. The zero-order valence-corrected chi connectivity index (χ0v) is 15.4. The van der Waals surface area contributed by atoms with Crippen LogP contribution in [0.5, 0.6) is 0 Å². The van der Waals surface area contributed by atoms with Gasteiger partial charge in [-0.1, -0.05) is 29.3 Å². The molecule has 0 aliphatic carbocycles. The first-order valence-corrected chi connectivity index (χ1v) is 8.55. The summed E-state index contributed by atoms with van der Waals surface area (Å²) in [5, 5.41) is 1.11. The van der Waals surface area contributed by atoms with Crippen molar-refractivity contribution in [3.05, 3.63) is 56.2 Å². The predicted octanol–water partition coefficient (Wildman–Crippen LogP) is 3.69. The average molecular weight is 371 g/mol. The van der Waals surface area contributed by atoms with Gasteiger partial charge in [0.2, 0.25) is 0 Å². The highest BCUT2D eigenvalue weighted by atomic mass is 35.5. The summed E-state index contributed by atoms with van der Waals surface area (Å²) in [4.78, 5) is 24.5. The Balaban J connectivity index is 2.39. The molecule has 0 bridgehead atoms. The molecule has 1 atom stereocenters. The summed E-state index contributed by atoms with van der Waals surface area (Å²) in [7, 11) is 0. The highest BCUT2D eigenvalue weighted by molar-refractivity contribution is 6.35. The van der Waals surface area contributed by atoms with Crippen LogP contribution < -0.4 is 5.69 Å². The van der Waals surface area contributed by atoms with E-state index in [0.29, 0.717) is 23.0 Å². The maximum atomic E-state index is 12.6. The molecule has 0 spiro atoms. The number of esters is 1. The van der Waals surface area contributed by atoms with Gasteiger partial charge >= 0.3 is 11.7 Å². The second-order valence-corrected chi connectivity index (χ2v) is 6.24. The highest BCUT2D eigenvalue weighted by Crippen LogP contribution is 2.23. The number of carbonyl (C=O) groups is 1. The summed E-state index contributed by atoms with van der Waals surface area (Å²) < 4.78 is 8.03. The number of rotatable bonds is 6. The van der Waals surface area contributed by atoms with Crippen molar-refractivity contribution >= 4 is 29.2 Å². The van der Waals surface area contributed by atoms with E-state index in [-0.39, 0.29) is 12.3 Å². The normalized spacial score (nSPS) is 12.2. The van der Waals surface area contributed by atoms with Crippen LogP contribution in [-0.4, -0.2) is 21.7 Å². The maximum Gasteiger partial charge on any atom is 0.329 e. The van der Waals surface area contributed by atoms with Gasteiger partial charge in [-0.05, 0) is 38.5 Å². The first kappa shape index (κ1) is 18.6. The van der Waals surface area contributed by atoms with E-state index in [0.717, 1.165) is 11.3 Å². The molecule has 2 aromatic rings. The topological polar surface area (TPSA) is 53.2 Å². The van der Waals surface area contributed by atoms with E-state index < -0.39 is 12.0 Å². The lowest BCUT2D eigenvalue weighted by Crippen LogP contribution is -2.30. The van der Waals surface area contributed by atoms with Crippen LogP contribution in [0.15, 0.2) is 29.2 Å². The number of benzene rings is 1. The van der Waals surface area contributed by atoms with Crippen LogP contribution in [0, 0.1) is 0 Å². The van der Waals surface area contributed by atoms with Gasteiger partial charge in [-0.2, -0.15) is 0 Å². The van der Waals surface area contributed by atoms with Gasteiger partial charge in [0.1, 0.15) is 6.04 Å². The third-order valence-corrected chi connectivity index (χ3v) is 4.42. The van der Waals surface area contributed by atoms with Crippen molar-refractivity contribution in [2.45, 2.75) is 39.8 Å². The van der Waals surface area contributed by atoms with E-state index in [2.05, 4.69) is 0 Å². The Morgan fingerprint density at radius 3 is 2.58 bits per heavy atom. The first-order chi connectivity index (χ1) is 11.4. The standard InChI is InChI=1S/C17H20Cl2N2O3/c1-4-20-14(8-12-6-7-13(18)9-15(12)19)10-21(17(20)23)11(3)16(22)24-5-2/h6-7,9-11H,4-5,8H2,1-3H3. The van der Waals surface area contributed by atoms with Gasteiger partial charge < -0.3 is 4.74 Å².